The first-order chi connectivity index (χ1) is 14.4. The number of nitrogens with zero attached hydrogens (tertiary/aromatic N) is 1. The summed E-state index contributed by atoms with van der Waals surface area (Å²) in [7, 11) is 0. The van der Waals surface area contributed by atoms with E-state index < -0.39 is 6.04 Å². The van der Waals surface area contributed by atoms with Crippen LogP contribution in [0.5, 0.6) is 11.5 Å². The maximum Gasteiger partial charge on any atom is 0.244 e. The second-order valence-corrected chi connectivity index (χ2v) is 7.17. The number of hydrogen-bond donors (Lipinski definition) is 2. The summed E-state index contributed by atoms with van der Waals surface area (Å²) in [5.41, 5.74) is 2.34. The van der Waals surface area contributed by atoms with E-state index in [2.05, 4.69) is 10.6 Å². The second kappa shape index (κ2) is 9.63. The lowest BCUT2D eigenvalue weighted by Gasteiger charge is -2.32. The number of rotatable bonds is 8. The SMILES string of the molecule is CCOc1ccc([C@@H](C)N[C@@H](C)C(=O)N2CC(=O)Nc3ccccc32)cc1OCC. The third-order valence-electron chi connectivity index (χ3n) is 4.97. The summed E-state index contributed by atoms with van der Waals surface area (Å²) >= 11 is 0. The molecule has 1 aliphatic rings. The van der Waals surface area contributed by atoms with Crippen molar-refractivity contribution < 1.29 is 19.1 Å². The van der Waals surface area contributed by atoms with E-state index in [1.165, 1.54) is 4.90 Å². The monoisotopic (exact) mass is 411 g/mol. The first-order valence-electron chi connectivity index (χ1n) is 10.3. The predicted molar refractivity (Wildman–Crippen MR) is 117 cm³/mol. The zero-order valence-corrected chi connectivity index (χ0v) is 17.9. The molecule has 2 aromatic rings. The molecule has 0 saturated carbocycles. The molecule has 30 heavy (non-hydrogen) atoms. The molecule has 7 nitrogen and oxygen atoms in total. The van der Waals surface area contributed by atoms with Crippen molar-refractivity contribution in [1.82, 2.24) is 5.32 Å². The van der Waals surface area contributed by atoms with E-state index in [-0.39, 0.29) is 24.4 Å². The molecule has 2 atom stereocenters. The molecular weight excluding hydrogens is 382 g/mol. The lowest BCUT2D eigenvalue weighted by Crippen LogP contribution is -2.50. The number of anilines is 2. The van der Waals surface area contributed by atoms with E-state index in [4.69, 9.17) is 9.47 Å². The van der Waals surface area contributed by atoms with Crippen molar-refractivity contribution in [2.45, 2.75) is 39.8 Å². The standard InChI is InChI=1S/C23H29N3O4/c1-5-29-20-12-11-17(13-21(20)30-6-2)15(3)24-16(4)23(28)26-14-22(27)25-18-9-7-8-10-19(18)26/h7-13,15-16,24H,5-6,14H2,1-4H3,(H,25,27)/t15-,16+/m1/s1. The summed E-state index contributed by atoms with van der Waals surface area (Å²) in [6.45, 7) is 8.77. The van der Waals surface area contributed by atoms with Crippen LogP contribution < -0.4 is 25.0 Å². The summed E-state index contributed by atoms with van der Waals surface area (Å²) in [5.74, 6) is 1.04. The van der Waals surface area contributed by atoms with Crippen LogP contribution in [0.25, 0.3) is 0 Å². The maximum absolute atomic E-state index is 13.1. The Morgan fingerprint density at radius 3 is 2.53 bits per heavy atom. The van der Waals surface area contributed by atoms with Gasteiger partial charge in [-0.1, -0.05) is 18.2 Å². The summed E-state index contributed by atoms with van der Waals surface area (Å²) in [5, 5.41) is 6.15. The topological polar surface area (TPSA) is 79.9 Å². The third kappa shape index (κ3) is 4.74. The molecule has 2 N–H and O–H groups in total. The Hall–Kier alpha value is -3.06. The Morgan fingerprint density at radius 1 is 1.10 bits per heavy atom. The molecule has 1 heterocycles. The molecule has 2 amide bonds. The van der Waals surface area contributed by atoms with Gasteiger partial charge in [-0.3, -0.25) is 19.8 Å². The second-order valence-electron chi connectivity index (χ2n) is 7.17. The minimum atomic E-state index is -0.485. The van der Waals surface area contributed by atoms with Gasteiger partial charge in [0, 0.05) is 6.04 Å². The van der Waals surface area contributed by atoms with E-state index in [0.29, 0.717) is 36.1 Å². The molecule has 160 valence electrons. The van der Waals surface area contributed by atoms with Gasteiger partial charge in [0.1, 0.15) is 6.54 Å². The number of carbonyl (C=O) groups is 2. The highest BCUT2D eigenvalue weighted by Crippen LogP contribution is 2.32. The molecule has 0 spiro atoms. The van der Waals surface area contributed by atoms with Gasteiger partial charge < -0.3 is 14.8 Å². The highest BCUT2D eigenvalue weighted by molar-refractivity contribution is 6.11. The van der Waals surface area contributed by atoms with E-state index in [1.54, 1.807) is 6.07 Å². The van der Waals surface area contributed by atoms with Gasteiger partial charge in [-0.15, -0.1) is 0 Å². The number of hydrogen-bond acceptors (Lipinski definition) is 5. The molecule has 0 aliphatic carbocycles. The first-order valence-corrected chi connectivity index (χ1v) is 10.3. The van der Waals surface area contributed by atoms with Crippen molar-refractivity contribution in [3.05, 3.63) is 48.0 Å². The van der Waals surface area contributed by atoms with Crippen molar-refractivity contribution in [1.29, 1.82) is 0 Å². The van der Waals surface area contributed by atoms with Gasteiger partial charge in [0.15, 0.2) is 11.5 Å². The Morgan fingerprint density at radius 2 is 1.80 bits per heavy atom. The molecule has 0 fully saturated rings. The van der Waals surface area contributed by atoms with Crippen molar-refractivity contribution in [2.75, 3.05) is 30.0 Å². The molecular formula is C23H29N3O4. The van der Waals surface area contributed by atoms with Crippen LogP contribution in [0, 0.1) is 0 Å². The molecule has 3 rings (SSSR count). The highest BCUT2D eigenvalue weighted by atomic mass is 16.5. The number of benzene rings is 2. The summed E-state index contributed by atoms with van der Waals surface area (Å²) in [6, 6.07) is 12.5. The fourth-order valence-corrected chi connectivity index (χ4v) is 3.54. The largest absolute Gasteiger partial charge is 0.490 e. The zero-order chi connectivity index (χ0) is 21.7. The van der Waals surface area contributed by atoms with Crippen LogP contribution in [0.3, 0.4) is 0 Å². The average molecular weight is 412 g/mol. The summed E-state index contributed by atoms with van der Waals surface area (Å²) in [4.78, 5) is 26.7. The molecule has 0 saturated heterocycles. The van der Waals surface area contributed by atoms with Crippen LogP contribution in [0.2, 0.25) is 0 Å². The van der Waals surface area contributed by atoms with Gasteiger partial charge in [0.25, 0.3) is 0 Å². The van der Waals surface area contributed by atoms with Crippen molar-refractivity contribution in [2.24, 2.45) is 0 Å². The number of carbonyl (C=O) groups excluding carboxylic acids is 2. The van der Waals surface area contributed by atoms with E-state index in [1.807, 2.05) is 64.1 Å². The normalized spacial score (nSPS) is 15.1. The van der Waals surface area contributed by atoms with Crippen LogP contribution in [-0.2, 0) is 9.59 Å². The Labute approximate surface area is 177 Å². The zero-order valence-electron chi connectivity index (χ0n) is 17.9. The van der Waals surface area contributed by atoms with Gasteiger partial charge in [-0.25, -0.2) is 0 Å². The predicted octanol–water partition coefficient (Wildman–Crippen LogP) is 3.51. The number of amides is 2. The molecule has 1 aliphatic heterocycles. The van der Waals surface area contributed by atoms with E-state index in [0.717, 1.165) is 5.56 Å². The molecule has 0 radical (unpaired) electrons. The Balaban J connectivity index is 1.74. The number of ether oxygens (including phenoxy) is 2. The van der Waals surface area contributed by atoms with Gasteiger partial charge in [0.05, 0.1) is 30.6 Å². The van der Waals surface area contributed by atoms with E-state index in [9.17, 15) is 9.59 Å². The minimum Gasteiger partial charge on any atom is -0.490 e. The average Bonchev–Trinajstić information content (AvgIpc) is 2.74. The van der Waals surface area contributed by atoms with Gasteiger partial charge in [-0.05, 0) is 57.5 Å². The van der Waals surface area contributed by atoms with Gasteiger partial charge >= 0.3 is 0 Å². The fraction of sp³-hybridized carbons (Fsp3) is 0.391. The lowest BCUT2D eigenvalue weighted by molar-refractivity contribution is -0.123. The molecule has 7 heteroatoms. The van der Waals surface area contributed by atoms with Gasteiger partial charge in [0.2, 0.25) is 11.8 Å². The number of nitrogens with one attached hydrogen (secondary N) is 2. The smallest absolute Gasteiger partial charge is 0.244 e. The fourth-order valence-electron chi connectivity index (χ4n) is 3.54. The van der Waals surface area contributed by atoms with Crippen LogP contribution in [0.15, 0.2) is 42.5 Å². The van der Waals surface area contributed by atoms with Crippen LogP contribution in [0.4, 0.5) is 11.4 Å². The quantitative estimate of drug-likeness (QED) is 0.695. The van der Waals surface area contributed by atoms with Crippen molar-refractivity contribution in [3.63, 3.8) is 0 Å². The Bertz CT molecular complexity index is 915. The van der Waals surface area contributed by atoms with Crippen molar-refractivity contribution >= 4 is 23.2 Å². The number of fused-ring (bicyclic) bond motifs is 1. The van der Waals surface area contributed by atoms with Gasteiger partial charge in [-0.2, -0.15) is 0 Å². The molecule has 2 aromatic carbocycles. The third-order valence-corrected chi connectivity index (χ3v) is 4.97. The lowest BCUT2D eigenvalue weighted by atomic mass is 10.1. The minimum absolute atomic E-state index is 0.00773. The van der Waals surface area contributed by atoms with Crippen LogP contribution in [-0.4, -0.2) is 37.6 Å². The molecule has 0 aromatic heterocycles. The van der Waals surface area contributed by atoms with Crippen LogP contribution in [0.1, 0.15) is 39.3 Å². The van der Waals surface area contributed by atoms with Crippen molar-refractivity contribution in [3.8, 4) is 11.5 Å². The maximum atomic E-state index is 13.1. The highest BCUT2D eigenvalue weighted by Gasteiger charge is 2.30. The van der Waals surface area contributed by atoms with Crippen LogP contribution >= 0.6 is 0 Å². The Kier molecular flexibility index (Phi) is 6.95. The van der Waals surface area contributed by atoms with E-state index >= 15 is 0 Å². The number of para-hydroxylation sites is 2. The molecule has 0 bridgehead atoms. The molecule has 0 unspecified atom stereocenters. The summed E-state index contributed by atoms with van der Waals surface area (Å²) < 4.78 is 11.3. The first kappa shape index (κ1) is 21.6. The summed E-state index contributed by atoms with van der Waals surface area (Å²) in [6.07, 6.45) is 0.